The van der Waals surface area contributed by atoms with Crippen molar-refractivity contribution in [1.82, 2.24) is 10.9 Å². The minimum Gasteiger partial charge on any atom is -0.484 e. The summed E-state index contributed by atoms with van der Waals surface area (Å²) >= 11 is 0. The van der Waals surface area contributed by atoms with Crippen LogP contribution in [0.4, 0.5) is 5.69 Å². The Hall–Kier alpha value is -4.36. The van der Waals surface area contributed by atoms with E-state index in [1.807, 2.05) is 13.0 Å². The van der Waals surface area contributed by atoms with E-state index in [-0.39, 0.29) is 22.8 Å². The molecule has 3 rings (SSSR count). The lowest BCUT2D eigenvalue weighted by molar-refractivity contribution is -0.123. The van der Waals surface area contributed by atoms with E-state index in [4.69, 9.17) is 10.00 Å². The Morgan fingerprint density at radius 2 is 1.67 bits per heavy atom. The number of aryl methyl sites for hydroxylation is 1. The molecule has 3 aromatic rings. The number of rotatable bonds is 7. The lowest BCUT2D eigenvalue weighted by atomic mass is 10.2. The van der Waals surface area contributed by atoms with Gasteiger partial charge in [-0.1, -0.05) is 23.8 Å². The van der Waals surface area contributed by atoms with Crippen molar-refractivity contribution in [3.8, 4) is 11.8 Å². The lowest BCUT2D eigenvalue weighted by Crippen LogP contribution is -2.43. The fourth-order valence-electron chi connectivity index (χ4n) is 2.66. The van der Waals surface area contributed by atoms with Gasteiger partial charge in [-0.3, -0.25) is 25.2 Å². The van der Waals surface area contributed by atoms with Gasteiger partial charge < -0.3 is 4.74 Å². The van der Waals surface area contributed by atoms with Crippen LogP contribution in [0.2, 0.25) is 0 Å². The van der Waals surface area contributed by atoms with Crippen molar-refractivity contribution in [3.63, 3.8) is 0 Å². The first-order chi connectivity index (χ1) is 15.8. The molecule has 3 aromatic carbocycles. The molecular weight excluding hydrogens is 444 g/mol. The number of benzene rings is 3. The Kier molecular flexibility index (Phi) is 7.27. The number of carbonyl (C=O) groups excluding carboxylic acids is 2. The van der Waals surface area contributed by atoms with Gasteiger partial charge in [0.25, 0.3) is 21.8 Å². The van der Waals surface area contributed by atoms with Gasteiger partial charge >= 0.3 is 0 Å². The topological polar surface area (TPSA) is 137 Å². The molecule has 3 N–H and O–H groups in total. The second kappa shape index (κ2) is 10.3. The number of hydrogen-bond acceptors (Lipinski definition) is 6. The van der Waals surface area contributed by atoms with Crippen LogP contribution in [0.5, 0.6) is 5.75 Å². The standard InChI is InChI=1S/C23H20N4O5S/c1-16-5-11-21(12-6-16)33(30,31)27-19-4-2-3-18(13-19)23(29)26-25-22(28)15-32-20-9-7-17(14-24)8-10-20/h2-13,27H,15H2,1H3,(H,25,28)(H,26,29). The van der Waals surface area contributed by atoms with E-state index in [0.717, 1.165) is 5.56 Å². The second-order valence-corrected chi connectivity index (χ2v) is 8.61. The average molecular weight is 465 g/mol. The smallest absolute Gasteiger partial charge is 0.276 e. The normalized spacial score (nSPS) is 10.5. The molecule has 10 heteroatoms. The molecule has 0 saturated carbocycles. The molecule has 0 bridgehead atoms. The van der Waals surface area contributed by atoms with Gasteiger partial charge in [-0.15, -0.1) is 0 Å². The van der Waals surface area contributed by atoms with Crippen molar-refractivity contribution < 1.29 is 22.7 Å². The molecule has 0 saturated heterocycles. The zero-order chi connectivity index (χ0) is 23.8. The number of nitrogens with one attached hydrogen (secondary N) is 3. The van der Waals surface area contributed by atoms with Gasteiger partial charge in [-0.25, -0.2) is 8.42 Å². The third kappa shape index (κ3) is 6.56. The maximum Gasteiger partial charge on any atom is 0.276 e. The van der Waals surface area contributed by atoms with Crippen molar-refractivity contribution in [2.45, 2.75) is 11.8 Å². The van der Waals surface area contributed by atoms with Gasteiger partial charge in [-0.2, -0.15) is 5.26 Å². The summed E-state index contributed by atoms with van der Waals surface area (Å²) in [6, 6.07) is 20.4. The molecule has 0 unspecified atom stereocenters. The summed E-state index contributed by atoms with van der Waals surface area (Å²) in [7, 11) is -3.82. The first-order valence-corrected chi connectivity index (χ1v) is 11.2. The van der Waals surface area contributed by atoms with Gasteiger partial charge in [0.2, 0.25) is 0 Å². The predicted molar refractivity (Wildman–Crippen MR) is 121 cm³/mol. The summed E-state index contributed by atoms with van der Waals surface area (Å²) < 4.78 is 32.8. The number of ether oxygens (including phenoxy) is 1. The molecule has 0 heterocycles. The number of sulfonamides is 1. The van der Waals surface area contributed by atoms with E-state index in [2.05, 4.69) is 15.6 Å². The van der Waals surface area contributed by atoms with E-state index < -0.39 is 21.8 Å². The molecule has 2 amide bonds. The van der Waals surface area contributed by atoms with Crippen molar-refractivity contribution >= 4 is 27.5 Å². The second-order valence-electron chi connectivity index (χ2n) is 6.93. The predicted octanol–water partition coefficient (Wildman–Crippen LogP) is 2.51. The van der Waals surface area contributed by atoms with E-state index in [1.54, 1.807) is 36.4 Å². The summed E-state index contributed by atoms with van der Waals surface area (Å²) in [5, 5.41) is 8.77. The Morgan fingerprint density at radius 3 is 2.33 bits per heavy atom. The average Bonchev–Trinajstić information content (AvgIpc) is 2.81. The van der Waals surface area contributed by atoms with E-state index in [0.29, 0.717) is 11.3 Å². The summed E-state index contributed by atoms with van der Waals surface area (Å²) in [5.41, 5.74) is 6.17. The molecule has 0 aliphatic rings. The van der Waals surface area contributed by atoms with Gasteiger partial charge in [0.1, 0.15) is 5.75 Å². The number of nitriles is 1. The van der Waals surface area contributed by atoms with E-state index >= 15 is 0 Å². The van der Waals surface area contributed by atoms with Crippen LogP contribution in [0.15, 0.2) is 77.7 Å². The zero-order valence-electron chi connectivity index (χ0n) is 17.5. The van der Waals surface area contributed by atoms with Crippen LogP contribution in [0.1, 0.15) is 21.5 Å². The molecule has 0 aromatic heterocycles. The Bertz CT molecular complexity index is 1300. The van der Waals surface area contributed by atoms with Crippen LogP contribution >= 0.6 is 0 Å². The Labute approximate surface area is 191 Å². The summed E-state index contributed by atoms with van der Waals surface area (Å²) in [4.78, 5) is 24.4. The van der Waals surface area contributed by atoms with E-state index in [9.17, 15) is 18.0 Å². The molecular formula is C23H20N4O5S. The molecule has 0 aliphatic heterocycles. The number of hydrazine groups is 1. The lowest BCUT2D eigenvalue weighted by Gasteiger charge is -2.11. The van der Waals surface area contributed by atoms with Crippen molar-refractivity contribution in [3.05, 3.63) is 89.5 Å². The zero-order valence-corrected chi connectivity index (χ0v) is 18.3. The van der Waals surface area contributed by atoms with Crippen LogP contribution in [0, 0.1) is 18.3 Å². The van der Waals surface area contributed by atoms with Crippen molar-refractivity contribution in [2.75, 3.05) is 11.3 Å². The number of hydrogen-bond donors (Lipinski definition) is 3. The maximum atomic E-state index is 12.5. The molecule has 9 nitrogen and oxygen atoms in total. The monoisotopic (exact) mass is 464 g/mol. The number of anilines is 1. The highest BCUT2D eigenvalue weighted by Gasteiger charge is 2.15. The summed E-state index contributed by atoms with van der Waals surface area (Å²) in [5.74, 6) is -0.855. The maximum absolute atomic E-state index is 12.5. The van der Waals surface area contributed by atoms with Crippen LogP contribution < -0.4 is 20.3 Å². The van der Waals surface area contributed by atoms with Gasteiger partial charge in [-0.05, 0) is 61.5 Å². The highest BCUT2D eigenvalue weighted by Crippen LogP contribution is 2.18. The minimum absolute atomic E-state index is 0.0949. The quantitative estimate of drug-likeness (QED) is 0.460. The molecule has 0 spiro atoms. The van der Waals surface area contributed by atoms with Crippen LogP contribution in [0.3, 0.4) is 0 Å². The molecule has 33 heavy (non-hydrogen) atoms. The van der Waals surface area contributed by atoms with E-state index in [1.165, 1.54) is 36.4 Å². The Morgan fingerprint density at radius 1 is 0.970 bits per heavy atom. The first kappa shape index (κ1) is 23.3. The van der Waals surface area contributed by atoms with Crippen molar-refractivity contribution in [1.29, 1.82) is 5.26 Å². The number of nitrogens with zero attached hydrogens (tertiary/aromatic N) is 1. The molecule has 0 fully saturated rings. The highest BCUT2D eigenvalue weighted by atomic mass is 32.2. The van der Waals surface area contributed by atoms with Crippen molar-refractivity contribution in [2.24, 2.45) is 0 Å². The first-order valence-electron chi connectivity index (χ1n) is 9.68. The number of carbonyl (C=O) groups is 2. The van der Waals surface area contributed by atoms with Crippen LogP contribution in [-0.2, 0) is 14.8 Å². The van der Waals surface area contributed by atoms with Crippen LogP contribution in [-0.4, -0.2) is 26.8 Å². The molecule has 0 atom stereocenters. The molecule has 168 valence electrons. The third-order valence-electron chi connectivity index (χ3n) is 4.38. The fourth-order valence-corrected chi connectivity index (χ4v) is 3.71. The van der Waals surface area contributed by atoms with Crippen LogP contribution in [0.25, 0.3) is 0 Å². The Balaban J connectivity index is 1.55. The minimum atomic E-state index is -3.82. The molecule has 0 aliphatic carbocycles. The van der Waals surface area contributed by atoms with Gasteiger partial charge in [0, 0.05) is 11.3 Å². The highest BCUT2D eigenvalue weighted by molar-refractivity contribution is 7.92. The third-order valence-corrected chi connectivity index (χ3v) is 5.77. The molecule has 0 radical (unpaired) electrons. The summed E-state index contributed by atoms with van der Waals surface area (Å²) in [6.07, 6.45) is 0. The summed E-state index contributed by atoms with van der Waals surface area (Å²) in [6.45, 7) is 1.49. The fraction of sp³-hybridized carbons (Fsp3) is 0.0870. The SMILES string of the molecule is Cc1ccc(S(=O)(=O)Nc2cccc(C(=O)NNC(=O)COc3ccc(C#N)cc3)c2)cc1. The van der Waals surface area contributed by atoms with Gasteiger partial charge in [0.15, 0.2) is 6.61 Å². The van der Waals surface area contributed by atoms with Gasteiger partial charge in [0.05, 0.1) is 16.5 Å². The number of amides is 2. The largest absolute Gasteiger partial charge is 0.484 e.